The zero-order chi connectivity index (χ0) is 10.3. The first-order chi connectivity index (χ1) is 7.40. The fourth-order valence-corrected chi connectivity index (χ4v) is 2.39. The zero-order valence-electron chi connectivity index (χ0n) is 9.06. The van der Waals surface area contributed by atoms with E-state index in [4.69, 9.17) is 18.9 Å². The first kappa shape index (κ1) is 10.0. The Morgan fingerprint density at radius 1 is 1.20 bits per heavy atom. The van der Waals surface area contributed by atoms with Gasteiger partial charge in [-0.1, -0.05) is 19.8 Å². The number of ether oxygens (including phenoxy) is 4. The molecule has 3 aliphatic heterocycles. The van der Waals surface area contributed by atoms with Crippen molar-refractivity contribution in [2.45, 2.75) is 56.9 Å². The average Bonchev–Trinajstić information content (AvgIpc) is 2.93. The summed E-state index contributed by atoms with van der Waals surface area (Å²) in [4.78, 5) is 0. The van der Waals surface area contributed by atoms with Gasteiger partial charge in [-0.25, -0.2) is 0 Å². The minimum atomic E-state index is -0.115. The van der Waals surface area contributed by atoms with Gasteiger partial charge < -0.3 is 18.9 Å². The maximum Gasteiger partial charge on any atom is 0.187 e. The van der Waals surface area contributed by atoms with Crippen LogP contribution in [0.25, 0.3) is 0 Å². The lowest BCUT2D eigenvalue weighted by Gasteiger charge is -2.24. The second-order valence-corrected chi connectivity index (χ2v) is 4.48. The Morgan fingerprint density at radius 2 is 2.13 bits per heavy atom. The lowest BCUT2D eigenvalue weighted by molar-refractivity contribution is -0.118. The quantitative estimate of drug-likeness (QED) is 0.507. The average molecular weight is 214 g/mol. The van der Waals surface area contributed by atoms with E-state index in [9.17, 15) is 0 Å². The minimum absolute atomic E-state index is 0.0976. The van der Waals surface area contributed by atoms with Crippen LogP contribution in [0.2, 0.25) is 0 Å². The summed E-state index contributed by atoms with van der Waals surface area (Å²) in [6.45, 7) is 3.67. The molecule has 0 amide bonds. The molecular formula is C11H18O4. The maximum atomic E-state index is 5.84. The summed E-state index contributed by atoms with van der Waals surface area (Å²) in [5.41, 5.74) is 0. The van der Waals surface area contributed by atoms with Crippen molar-refractivity contribution in [2.24, 2.45) is 0 Å². The van der Waals surface area contributed by atoms with E-state index in [0.29, 0.717) is 6.61 Å². The van der Waals surface area contributed by atoms with Crippen LogP contribution in [0.4, 0.5) is 0 Å². The molecule has 0 saturated carbocycles. The van der Waals surface area contributed by atoms with Gasteiger partial charge in [0.2, 0.25) is 0 Å². The van der Waals surface area contributed by atoms with Crippen LogP contribution in [-0.2, 0) is 18.9 Å². The lowest BCUT2D eigenvalue weighted by atomic mass is 10.1. The Morgan fingerprint density at radius 3 is 3.00 bits per heavy atom. The summed E-state index contributed by atoms with van der Waals surface area (Å²) >= 11 is 0. The number of rotatable bonds is 5. The zero-order valence-corrected chi connectivity index (χ0v) is 9.06. The summed E-state index contributed by atoms with van der Waals surface area (Å²) < 4.78 is 22.5. The van der Waals surface area contributed by atoms with Gasteiger partial charge in [0.25, 0.3) is 0 Å². The summed E-state index contributed by atoms with van der Waals surface area (Å²) in [7, 11) is 0. The van der Waals surface area contributed by atoms with E-state index in [0.717, 1.165) is 13.0 Å². The first-order valence-electron chi connectivity index (χ1n) is 5.94. The van der Waals surface area contributed by atoms with E-state index in [1.165, 1.54) is 12.8 Å². The second-order valence-electron chi connectivity index (χ2n) is 4.48. The van der Waals surface area contributed by atoms with Gasteiger partial charge in [0, 0.05) is 6.61 Å². The highest BCUT2D eigenvalue weighted by atomic mass is 16.8. The molecule has 0 unspecified atom stereocenters. The van der Waals surface area contributed by atoms with E-state index >= 15 is 0 Å². The van der Waals surface area contributed by atoms with Crippen LogP contribution >= 0.6 is 0 Å². The van der Waals surface area contributed by atoms with Crippen molar-refractivity contribution >= 4 is 0 Å². The van der Waals surface area contributed by atoms with E-state index in [1.54, 1.807) is 0 Å². The van der Waals surface area contributed by atoms with Crippen LogP contribution in [0, 0.1) is 0 Å². The molecule has 0 aliphatic carbocycles. The highest BCUT2D eigenvalue weighted by Crippen LogP contribution is 2.42. The standard InChI is InChI=1S/C11H18O4/c1-2-3-4-5-12-8-7-6-13-11(14-7)10-9(8)15-10/h7-11H,2-6H2,1H3/t7-,8-,9+,10-,11-/m1/s1. The lowest BCUT2D eigenvalue weighted by Crippen LogP contribution is -2.42. The topological polar surface area (TPSA) is 40.2 Å². The van der Waals surface area contributed by atoms with Crippen LogP contribution in [0.5, 0.6) is 0 Å². The van der Waals surface area contributed by atoms with Gasteiger partial charge in [0.05, 0.1) is 6.61 Å². The van der Waals surface area contributed by atoms with Crippen molar-refractivity contribution in [2.75, 3.05) is 13.2 Å². The molecule has 3 aliphatic rings. The van der Waals surface area contributed by atoms with Crippen molar-refractivity contribution in [3.8, 4) is 0 Å². The van der Waals surface area contributed by atoms with Crippen LogP contribution in [0.3, 0.4) is 0 Å². The smallest absolute Gasteiger partial charge is 0.187 e. The Kier molecular flexibility index (Phi) is 2.68. The molecule has 15 heavy (non-hydrogen) atoms. The summed E-state index contributed by atoms with van der Waals surface area (Å²) in [6, 6.07) is 0. The second kappa shape index (κ2) is 4.01. The van der Waals surface area contributed by atoms with Crippen molar-refractivity contribution in [1.29, 1.82) is 0 Å². The third-order valence-corrected chi connectivity index (χ3v) is 3.31. The molecule has 0 N–H and O–H groups in total. The molecule has 3 heterocycles. The van der Waals surface area contributed by atoms with Gasteiger partial charge in [-0.05, 0) is 6.42 Å². The van der Waals surface area contributed by atoms with E-state index in [-0.39, 0.29) is 30.7 Å². The largest absolute Gasteiger partial charge is 0.373 e. The fraction of sp³-hybridized carbons (Fsp3) is 1.00. The first-order valence-corrected chi connectivity index (χ1v) is 5.94. The van der Waals surface area contributed by atoms with Crippen molar-refractivity contribution in [3.05, 3.63) is 0 Å². The number of hydrogen-bond acceptors (Lipinski definition) is 4. The summed E-state index contributed by atoms with van der Waals surface area (Å²) in [6.07, 6.45) is 4.04. The van der Waals surface area contributed by atoms with Crippen LogP contribution in [0.15, 0.2) is 0 Å². The number of fused-ring (bicyclic) bond motifs is 4. The molecule has 4 heteroatoms. The van der Waals surface area contributed by atoms with Crippen molar-refractivity contribution in [3.63, 3.8) is 0 Å². The number of unbranched alkanes of at least 4 members (excludes halogenated alkanes) is 2. The molecule has 3 rings (SSSR count). The summed E-state index contributed by atoms with van der Waals surface area (Å²) in [5, 5.41) is 0. The molecule has 2 bridgehead atoms. The molecule has 0 aromatic carbocycles. The Bertz CT molecular complexity index is 233. The van der Waals surface area contributed by atoms with Gasteiger partial charge in [-0.2, -0.15) is 0 Å². The third-order valence-electron chi connectivity index (χ3n) is 3.31. The molecule has 3 saturated heterocycles. The van der Waals surface area contributed by atoms with E-state index in [1.807, 2.05) is 0 Å². The van der Waals surface area contributed by atoms with Gasteiger partial charge in [-0.15, -0.1) is 0 Å². The highest BCUT2D eigenvalue weighted by molar-refractivity contribution is 5.04. The van der Waals surface area contributed by atoms with Crippen LogP contribution in [-0.4, -0.2) is 43.9 Å². The monoisotopic (exact) mass is 214 g/mol. The molecule has 0 spiro atoms. The molecule has 5 atom stereocenters. The molecule has 0 aromatic heterocycles. The van der Waals surface area contributed by atoms with Crippen molar-refractivity contribution < 1.29 is 18.9 Å². The minimum Gasteiger partial charge on any atom is -0.373 e. The van der Waals surface area contributed by atoms with Crippen LogP contribution < -0.4 is 0 Å². The predicted molar refractivity (Wildman–Crippen MR) is 52.5 cm³/mol. The van der Waals surface area contributed by atoms with E-state index < -0.39 is 0 Å². The molecule has 0 radical (unpaired) electrons. The normalized spacial score (nSPS) is 46.6. The number of epoxide rings is 1. The molecular weight excluding hydrogens is 196 g/mol. The molecule has 3 fully saturated rings. The maximum absolute atomic E-state index is 5.84. The summed E-state index contributed by atoms with van der Waals surface area (Å²) in [5.74, 6) is 0. The number of hydrogen-bond donors (Lipinski definition) is 0. The highest BCUT2D eigenvalue weighted by Gasteiger charge is 2.62. The van der Waals surface area contributed by atoms with Gasteiger partial charge in [0.15, 0.2) is 6.29 Å². The van der Waals surface area contributed by atoms with Crippen molar-refractivity contribution in [1.82, 2.24) is 0 Å². The molecule has 86 valence electrons. The molecule has 4 nitrogen and oxygen atoms in total. The Labute approximate surface area is 89.8 Å². The third kappa shape index (κ3) is 1.80. The molecule has 0 aromatic rings. The van der Waals surface area contributed by atoms with Crippen LogP contribution in [0.1, 0.15) is 26.2 Å². The predicted octanol–water partition coefficient (Wildman–Crippen LogP) is 1.08. The fourth-order valence-electron chi connectivity index (χ4n) is 2.39. The Balaban J connectivity index is 1.49. The Hall–Kier alpha value is -0.160. The van der Waals surface area contributed by atoms with Gasteiger partial charge >= 0.3 is 0 Å². The SMILES string of the molecule is CCCCCO[C@H]1[C@@H]2O[C@H]2[C@@H]2OC[C@H]1O2. The van der Waals surface area contributed by atoms with Gasteiger partial charge in [-0.3, -0.25) is 0 Å². The van der Waals surface area contributed by atoms with E-state index in [2.05, 4.69) is 6.92 Å². The van der Waals surface area contributed by atoms with Gasteiger partial charge in [0.1, 0.15) is 24.4 Å².